The third-order valence-electron chi connectivity index (χ3n) is 4.71. The topological polar surface area (TPSA) is 0 Å². The summed E-state index contributed by atoms with van der Waals surface area (Å²) in [5.74, 6) is 0. The van der Waals surface area contributed by atoms with Crippen LogP contribution in [0.25, 0.3) is 11.1 Å². The van der Waals surface area contributed by atoms with Gasteiger partial charge in [-0.15, -0.1) is 0 Å². The van der Waals surface area contributed by atoms with Crippen molar-refractivity contribution in [1.29, 1.82) is 0 Å². The van der Waals surface area contributed by atoms with E-state index in [1.807, 2.05) is 0 Å². The van der Waals surface area contributed by atoms with Crippen LogP contribution in [0.1, 0.15) is 17.5 Å². The molecule has 3 aromatic rings. The van der Waals surface area contributed by atoms with Crippen molar-refractivity contribution in [2.24, 2.45) is 0 Å². The first-order valence-corrected chi connectivity index (χ1v) is 7.70. The molecule has 1 unspecified atom stereocenters. The van der Waals surface area contributed by atoms with E-state index in [0.29, 0.717) is 0 Å². The van der Waals surface area contributed by atoms with E-state index in [-0.39, 0.29) is 5.41 Å². The zero-order valence-corrected chi connectivity index (χ0v) is 12.5. The number of hydrogen-bond donors (Lipinski definition) is 0. The van der Waals surface area contributed by atoms with Crippen LogP contribution in [0.3, 0.4) is 0 Å². The van der Waals surface area contributed by atoms with Gasteiger partial charge in [-0.2, -0.15) is 0 Å². The summed E-state index contributed by atoms with van der Waals surface area (Å²) < 4.78 is 0. The molecule has 0 aromatic heterocycles. The Kier molecular flexibility index (Phi) is 2.97. The van der Waals surface area contributed by atoms with Crippen LogP contribution in [0.15, 0.2) is 97.1 Å². The number of rotatable bonds is 3. The molecule has 22 heavy (non-hydrogen) atoms. The molecule has 0 amide bonds. The zero-order valence-electron chi connectivity index (χ0n) is 12.5. The van der Waals surface area contributed by atoms with E-state index < -0.39 is 0 Å². The van der Waals surface area contributed by atoms with Gasteiger partial charge in [0.25, 0.3) is 0 Å². The maximum atomic E-state index is 4.25. The summed E-state index contributed by atoms with van der Waals surface area (Å²) in [5, 5.41) is 0. The van der Waals surface area contributed by atoms with Gasteiger partial charge in [0.2, 0.25) is 0 Å². The fraction of sp³-hybridized carbons (Fsp3) is 0.0909. The monoisotopic (exact) mass is 282 g/mol. The molecule has 0 spiro atoms. The molecule has 0 radical (unpaired) electrons. The number of allylic oxidation sites excluding steroid dienone is 1. The first-order chi connectivity index (χ1) is 10.8. The molecule has 1 saturated carbocycles. The second kappa shape index (κ2) is 4.99. The molecule has 4 rings (SSSR count). The lowest BCUT2D eigenvalue weighted by Crippen LogP contribution is -2.08. The van der Waals surface area contributed by atoms with Crippen molar-refractivity contribution in [3.63, 3.8) is 0 Å². The summed E-state index contributed by atoms with van der Waals surface area (Å²) in [7, 11) is 0. The van der Waals surface area contributed by atoms with Crippen molar-refractivity contribution in [3.8, 4) is 11.1 Å². The average Bonchev–Trinajstić information content (AvgIpc) is 3.29. The summed E-state index contributed by atoms with van der Waals surface area (Å²) in [6.07, 6.45) is 1.06. The quantitative estimate of drug-likeness (QED) is 0.548. The minimum absolute atomic E-state index is 0.0382. The third kappa shape index (κ3) is 2.00. The van der Waals surface area contributed by atoms with Gasteiger partial charge >= 0.3 is 0 Å². The summed E-state index contributed by atoms with van der Waals surface area (Å²) >= 11 is 0. The molecule has 1 aliphatic carbocycles. The molecule has 106 valence electrons. The second-order valence-electron chi connectivity index (χ2n) is 6.00. The minimum Gasteiger partial charge on any atom is -0.0986 e. The molecular weight excluding hydrogens is 264 g/mol. The van der Waals surface area contributed by atoms with Crippen LogP contribution in [0, 0.1) is 0 Å². The molecule has 1 atom stereocenters. The van der Waals surface area contributed by atoms with E-state index in [1.54, 1.807) is 0 Å². The first-order valence-electron chi connectivity index (χ1n) is 7.70. The summed E-state index contributed by atoms with van der Waals surface area (Å²) in [6, 6.07) is 30.2. The predicted octanol–water partition coefficient (Wildman–Crippen LogP) is 5.60. The molecule has 0 heteroatoms. The Morgan fingerprint density at radius 1 is 0.591 bits per heavy atom. The van der Waals surface area contributed by atoms with E-state index in [4.69, 9.17) is 0 Å². The Balaban J connectivity index is 1.73. The fourth-order valence-corrected chi connectivity index (χ4v) is 3.36. The van der Waals surface area contributed by atoms with Crippen molar-refractivity contribution in [3.05, 3.63) is 108 Å². The Morgan fingerprint density at radius 2 is 1.05 bits per heavy atom. The van der Waals surface area contributed by atoms with E-state index in [2.05, 4.69) is 91.5 Å². The standard InChI is InChI=1S/C22H18/c1-17-16-22(17,20-10-6-3-7-11-20)21-14-12-19(13-15-21)18-8-4-2-5-9-18/h2-15H,1,16H2. The lowest BCUT2D eigenvalue weighted by molar-refractivity contribution is 0.881. The minimum atomic E-state index is 0.0382. The van der Waals surface area contributed by atoms with E-state index in [0.717, 1.165) is 6.42 Å². The highest BCUT2D eigenvalue weighted by Gasteiger charge is 2.49. The largest absolute Gasteiger partial charge is 0.0986 e. The van der Waals surface area contributed by atoms with E-state index in [1.165, 1.54) is 27.8 Å². The van der Waals surface area contributed by atoms with Crippen molar-refractivity contribution in [2.45, 2.75) is 11.8 Å². The Hall–Kier alpha value is -2.60. The smallest absolute Gasteiger partial charge is 0.0446 e. The average molecular weight is 282 g/mol. The highest BCUT2D eigenvalue weighted by molar-refractivity contribution is 5.66. The van der Waals surface area contributed by atoms with Gasteiger partial charge in [-0.25, -0.2) is 0 Å². The van der Waals surface area contributed by atoms with Crippen LogP contribution in [0.4, 0.5) is 0 Å². The van der Waals surface area contributed by atoms with Gasteiger partial charge in [0, 0.05) is 5.41 Å². The fourth-order valence-electron chi connectivity index (χ4n) is 3.36. The van der Waals surface area contributed by atoms with Crippen molar-refractivity contribution in [2.75, 3.05) is 0 Å². The third-order valence-corrected chi connectivity index (χ3v) is 4.71. The SMILES string of the molecule is C=C1CC1(c1ccccc1)c1ccc(-c2ccccc2)cc1. The molecule has 0 saturated heterocycles. The molecule has 1 aliphatic rings. The zero-order chi connectivity index (χ0) is 15.0. The van der Waals surface area contributed by atoms with Crippen LogP contribution in [-0.4, -0.2) is 0 Å². The summed E-state index contributed by atoms with van der Waals surface area (Å²) in [6.45, 7) is 4.25. The molecule has 0 nitrogen and oxygen atoms in total. The molecule has 1 fully saturated rings. The highest BCUT2D eigenvalue weighted by Crippen LogP contribution is 2.57. The van der Waals surface area contributed by atoms with Gasteiger partial charge in [0.1, 0.15) is 0 Å². The van der Waals surface area contributed by atoms with Crippen molar-refractivity contribution < 1.29 is 0 Å². The van der Waals surface area contributed by atoms with Gasteiger partial charge in [-0.3, -0.25) is 0 Å². The molecule has 0 bridgehead atoms. The Morgan fingerprint density at radius 3 is 1.59 bits per heavy atom. The molecule has 0 heterocycles. The molecular formula is C22H18. The van der Waals surface area contributed by atoms with Gasteiger partial charge in [0.15, 0.2) is 0 Å². The maximum Gasteiger partial charge on any atom is 0.0446 e. The first kappa shape index (κ1) is 13.1. The Bertz CT molecular complexity index is 798. The molecule has 0 N–H and O–H groups in total. The van der Waals surface area contributed by atoms with Crippen LogP contribution >= 0.6 is 0 Å². The van der Waals surface area contributed by atoms with Gasteiger partial charge in [-0.05, 0) is 28.7 Å². The summed E-state index contributed by atoms with van der Waals surface area (Å²) in [4.78, 5) is 0. The molecule has 3 aromatic carbocycles. The summed E-state index contributed by atoms with van der Waals surface area (Å²) in [5.41, 5.74) is 6.58. The lowest BCUT2D eigenvalue weighted by Gasteiger charge is -2.17. The predicted molar refractivity (Wildman–Crippen MR) is 92.9 cm³/mol. The van der Waals surface area contributed by atoms with Crippen LogP contribution in [-0.2, 0) is 5.41 Å². The van der Waals surface area contributed by atoms with Crippen molar-refractivity contribution in [1.82, 2.24) is 0 Å². The van der Waals surface area contributed by atoms with Gasteiger partial charge < -0.3 is 0 Å². The van der Waals surface area contributed by atoms with Crippen LogP contribution in [0.2, 0.25) is 0 Å². The van der Waals surface area contributed by atoms with Crippen LogP contribution in [0.5, 0.6) is 0 Å². The normalized spacial score (nSPS) is 19.9. The number of benzene rings is 3. The van der Waals surface area contributed by atoms with Crippen LogP contribution < -0.4 is 0 Å². The van der Waals surface area contributed by atoms with E-state index >= 15 is 0 Å². The maximum absolute atomic E-state index is 4.25. The number of hydrogen-bond acceptors (Lipinski definition) is 0. The Labute approximate surface area is 131 Å². The van der Waals surface area contributed by atoms with Crippen molar-refractivity contribution >= 4 is 0 Å². The molecule has 0 aliphatic heterocycles. The second-order valence-corrected chi connectivity index (χ2v) is 6.00. The van der Waals surface area contributed by atoms with E-state index in [9.17, 15) is 0 Å². The van der Waals surface area contributed by atoms with Gasteiger partial charge in [-0.1, -0.05) is 97.1 Å². The van der Waals surface area contributed by atoms with Gasteiger partial charge in [0.05, 0.1) is 0 Å². The highest BCUT2D eigenvalue weighted by atomic mass is 14.5. The lowest BCUT2D eigenvalue weighted by atomic mass is 9.86.